The topological polar surface area (TPSA) is 68.5 Å². The van der Waals surface area contributed by atoms with Gasteiger partial charge in [-0.3, -0.25) is 4.79 Å². The number of carbonyl (C=O) groups is 2. The van der Waals surface area contributed by atoms with Gasteiger partial charge in [0.15, 0.2) is 17.5 Å². The van der Waals surface area contributed by atoms with Crippen molar-refractivity contribution in [2.75, 3.05) is 0 Å². The number of nitrogens with one attached hydrogen (secondary N) is 1. The first-order valence-corrected chi connectivity index (χ1v) is 7.31. The minimum atomic E-state index is -0.987. The van der Waals surface area contributed by atoms with Crippen LogP contribution in [0.5, 0.6) is 0 Å². The van der Waals surface area contributed by atoms with Crippen LogP contribution in [0.25, 0.3) is 11.0 Å². The summed E-state index contributed by atoms with van der Waals surface area (Å²) in [7, 11) is 0. The van der Waals surface area contributed by atoms with Gasteiger partial charge >= 0.3 is 5.97 Å². The number of carbonyl (C=O) groups excluding carboxylic acids is 2. The van der Waals surface area contributed by atoms with Crippen LogP contribution >= 0.6 is 0 Å². The minimum Gasteiger partial charge on any atom is -0.447 e. The first kappa shape index (κ1) is 17.0. The number of fused-ring (bicyclic) bond motifs is 1. The fraction of sp³-hybridized carbons (Fsp3) is 0.412. The van der Waals surface area contributed by atoms with Crippen LogP contribution in [0.4, 0.5) is 4.39 Å². The van der Waals surface area contributed by atoms with Gasteiger partial charge in [-0.1, -0.05) is 12.1 Å². The first-order valence-electron chi connectivity index (χ1n) is 7.31. The molecule has 0 aliphatic rings. The number of aryl methyl sites for hydroxylation is 1. The fourth-order valence-corrected chi connectivity index (χ4v) is 2.14. The molecule has 1 aromatic heterocycles. The van der Waals surface area contributed by atoms with Crippen LogP contribution in [0, 0.1) is 12.7 Å². The number of hydrogen-bond donors (Lipinski definition) is 1. The Morgan fingerprint density at radius 2 is 1.96 bits per heavy atom. The number of para-hydroxylation sites is 1. The quantitative estimate of drug-likeness (QED) is 0.880. The second-order valence-electron chi connectivity index (χ2n) is 6.46. The number of amides is 1. The van der Waals surface area contributed by atoms with Crippen molar-refractivity contribution in [1.29, 1.82) is 0 Å². The molecule has 0 unspecified atom stereocenters. The third kappa shape index (κ3) is 3.70. The molecule has 0 bridgehead atoms. The van der Waals surface area contributed by atoms with Crippen LogP contribution < -0.4 is 5.32 Å². The molecule has 1 atom stereocenters. The zero-order chi connectivity index (χ0) is 17.4. The number of rotatable bonds is 3. The van der Waals surface area contributed by atoms with Crippen LogP contribution in [0.1, 0.15) is 43.8 Å². The fourth-order valence-electron chi connectivity index (χ4n) is 2.14. The van der Waals surface area contributed by atoms with Crippen LogP contribution in [0.3, 0.4) is 0 Å². The van der Waals surface area contributed by atoms with E-state index in [0.717, 1.165) is 0 Å². The van der Waals surface area contributed by atoms with E-state index in [2.05, 4.69) is 5.32 Å². The highest BCUT2D eigenvalue weighted by atomic mass is 19.1. The molecule has 1 aromatic carbocycles. The molecule has 6 heteroatoms. The summed E-state index contributed by atoms with van der Waals surface area (Å²) >= 11 is 0. The van der Waals surface area contributed by atoms with Crippen molar-refractivity contribution in [3.8, 4) is 0 Å². The summed E-state index contributed by atoms with van der Waals surface area (Å²) in [6, 6.07) is 4.44. The van der Waals surface area contributed by atoms with Gasteiger partial charge in [0.1, 0.15) is 0 Å². The monoisotopic (exact) mass is 321 g/mol. The second-order valence-corrected chi connectivity index (χ2v) is 6.46. The van der Waals surface area contributed by atoms with Gasteiger partial charge in [-0.05, 0) is 40.7 Å². The van der Waals surface area contributed by atoms with Gasteiger partial charge in [-0.25, -0.2) is 9.18 Å². The van der Waals surface area contributed by atoms with Crippen molar-refractivity contribution < 1.29 is 23.1 Å². The molecule has 1 heterocycles. The van der Waals surface area contributed by atoms with E-state index >= 15 is 0 Å². The van der Waals surface area contributed by atoms with E-state index in [9.17, 15) is 14.0 Å². The van der Waals surface area contributed by atoms with Crippen molar-refractivity contribution >= 4 is 22.8 Å². The maximum absolute atomic E-state index is 13.7. The third-order valence-corrected chi connectivity index (χ3v) is 3.25. The summed E-state index contributed by atoms with van der Waals surface area (Å²) in [6.07, 6.45) is -0.987. The Bertz CT molecular complexity index is 758. The smallest absolute Gasteiger partial charge is 0.375 e. The minimum absolute atomic E-state index is 0.00347. The average molecular weight is 321 g/mol. The molecule has 2 rings (SSSR count). The van der Waals surface area contributed by atoms with E-state index in [0.29, 0.717) is 10.9 Å². The number of halogens is 1. The Morgan fingerprint density at radius 3 is 2.52 bits per heavy atom. The molecular weight excluding hydrogens is 301 g/mol. The van der Waals surface area contributed by atoms with Crippen molar-refractivity contribution in [3.05, 3.63) is 35.3 Å². The predicted octanol–water partition coefficient (Wildman–Crippen LogP) is 3.34. The van der Waals surface area contributed by atoms with Gasteiger partial charge < -0.3 is 14.5 Å². The molecule has 5 nitrogen and oxygen atoms in total. The summed E-state index contributed by atoms with van der Waals surface area (Å²) < 4.78 is 24.1. The number of esters is 1. The number of hydrogen-bond acceptors (Lipinski definition) is 4. The number of benzene rings is 1. The molecule has 1 amide bonds. The van der Waals surface area contributed by atoms with Crippen molar-refractivity contribution in [3.63, 3.8) is 0 Å². The van der Waals surface area contributed by atoms with Gasteiger partial charge in [-0.2, -0.15) is 0 Å². The SMILES string of the molecule is Cc1c(C(=O)O[C@@H](C)C(=O)NC(C)(C)C)oc2c(F)cccc12. The lowest BCUT2D eigenvalue weighted by Gasteiger charge is -2.23. The number of furan rings is 1. The normalized spacial score (nSPS) is 13.0. The summed E-state index contributed by atoms with van der Waals surface area (Å²) in [4.78, 5) is 24.2. The average Bonchev–Trinajstić information content (AvgIpc) is 2.76. The van der Waals surface area contributed by atoms with Gasteiger partial charge in [0.25, 0.3) is 5.91 Å². The van der Waals surface area contributed by atoms with Gasteiger partial charge in [0.2, 0.25) is 5.76 Å². The standard InChI is InChI=1S/C17H20FNO4/c1-9-11-7-6-8-12(18)14(11)23-13(9)16(21)22-10(2)15(20)19-17(3,4)5/h6-8,10H,1-5H3,(H,19,20)/t10-/m0/s1. The highest BCUT2D eigenvalue weighted by Gasteiger charge is 2.26. The van der Waals surface area contributed by atoms with Crippen LogP contribution in [-0.4, -0.2) is 23.5 Å². The van der Waals surface area contributed by atoms with Crippen LogP contribution in [-0.2, 0) is 9.53 Å². The summed E-state index contributed by atoms with van der Waals surface area (Å²) in [5.41, 5.74) is 0.0487. The van der Waals surface area contributed by atoms with E-state index < -0.39 is 29.3 Å². The molecule has 0 aliphatic heterocycles. The van der Waals surface area contributed by atoms with Crippen LogP contribution in [0.2, 0.25) is 0 Å². The van der Waals surface area contributed by atoms with Crippen LogP contribution in [0.15, 0.2) is 22.6 Å². The Balaban J connectivity index is 2.20. The Hall–Kier alpha value is -2.37. The van der Waals surface area contributed by atoms with E-state index in [1.54, 1.807) is 13.0 Å². The molecule has 0 saturated carbocycles. The second kappa shape index (κ2) is 6.02. The summed E-state index contributed by atoms with van der Waals surface area (Å²) in [5, 5.41) is 3.22. The van der Waals surface area contributed by atoms with E-state index in [1.807, 2.05) is 20.8 Å². The molecule has 1 N–H and O–H groups in total. The van der Waals surface area contributed by atoms with E-state index in [4.69, 9.17) is 9.15 Å². The number of ether oxygens (including phenoxy) is 1. The Labute approximate surface area is 133 Å². The summed E-state index contributed by atoms with van der Waals surface area (Å²) in [6.45, 7) is 8.59. The molecule has 2 aromatic rings. The molecule has 0 radical (unpaired) electrons. The highest BCUT2D eigenvalue weighted by molar-refractivity contribution is 5.97. The third-order valence-electron chi connectivity index (χ3n) is 3.25. The molecular formula is C17H20FNO4. The maximum Gasteiger partial charge on any atom is 0.375 e. The molecule has 0 fully saturated rings. The molecule has 124 valence electrons. The molecule has 0 spiro atoms. The van der Waals surface area contributed by atoms with Crippen molar-refractivity contribution in [1.82, 2.24) is 5.32 Å². The Morgan fingerprint density at radius 1 is 1.30 bits per heavy atom. The van der Waals surface area contributed by atoms with E-state index in [-0.39, 0.29) is 11.3 Å². The zero-order valence-electron chi connectivity index (χ0n) is 13.8. The zero-order valence-corrected chi connectivity index (χ0v) is 13.8. The molecule has 23 heavy (non-hydrogen) atoms. The summed E-state index contributed by atoms with van der Waals surface area (Å²) in [5.74, 6) is -1.86. The van der Waals surface area contributed by atoms with Gasteiger partial charge in [0, 0.05) is 16.5 Å². The lowest BCUT2D eigenvalue weighted by Crippen LogP contribution is -2.46. The maximum atomic E-state index is 13.7. The van der Waals surface area contributed by atoms with Crippen molar-refractivity contribution in [2.24, 2.45) is 0 Å². The molecule has 0 aliphatic carbocycles. The lowest BCUT2D eigenvalue weighted by atomic mass is 10.1. The molecule has 0 saturated heterocycles. The largest absolute Gasteiger partial charge is 0.447 e. The van der Waals surface area contributed by atoms with Crippen molar-refractivity contribution in [2.45, 2.75) is 46.3 Å². The first-order chi connectivity index (χ1) is 10.6. The lowest BCUT2D eigenvalue weighted by molar-refractivity contribution is -0.130. The predicted molar refractivity (Wildman–Crippen MR) is 83.7 cm³/mol. The Kier molecular flexibility index (Phi) is 4.45. The van der Waals surface area contributed by atoms with Gasteiger partial charge in [0.05, 0.1) is 0 Å². The highest BCUT2D eigenvalue weighted by Crippen LogP contribution is 2.27. The van der Waals surface area contributed by atoms with E-state index in [1.165, 1.54) is 19.1 Å². The van der Waals surface area contributed by atoms with Gasteiger partial charge in [-0.15, -0.1) is 0 Å².